The number of H-pyrrole nitrogens is 1. The Kier molecular flexibility index (Phi) is 20.7. The number of unbranched alkanes of at least 4 members (excludes halogenated alkanes) is 12. The number of aromatic amines is 1. The summed E-state index contributed by atoms with van der Waals surface area (Å²) >= 11 is 0. The fourth-order valence-corrected chi connectivity index (χ4v) is 7.02. The van der Waals surface area contributed by atoms with Crippen molar-refractivity contribution in [1.82, 2.24) is 20.2 Å². The van der Waals surface area contributed by atoms with Gasteiger partial charge in [-0.05, 0) is 36.1 Å². The van der Waals surface area contributed by atoms with Crippen molar-refractivity contribution in [2.24, 2.45) is 7.05 Å². The molecule has 0 spiro atoms. The van der Waals surface area contributed by atoms with E-state index in [4.69, 9.17) is 9.47 Å². The van der Waals surface area contributed by atoms with Crippen LogP contribution in [0, 0.1) is 0 Å². The summed E-state index contributed by atoms with van der Waals surface area (Å²) < 4.78 is 11.9. The van der Waals surface area contributed by atoms with Crippen LogP contribution in [-0.2, 0) is 48.5 Å². The van der Waals surface area contributed by atoms with E-state index in [0.717, 1.165) is 58.6 Å². The molecule has 2 amide bonds. The van der Waals surface area contributed by atoms with E-state index in [9.17, 15) is 19.2 Å². The first-order chi connectivity index (χ1) is 26.7. The molecule has 302 valence electrons. The summed E-state index contributed by atoms with van der Waals surface area (Å²) in [6, 6.07) is 14.7. The number of aromatic nitrogens is 2. The lowest BCUT2D eigenvalue weighted by atomic mass is 10.0. The number of rotatable bonds is 24. The van der Waals surface area contributed by atoms with E-state index in [1.54, 1.807) is 0 Å². The molecule has 2 heterocycles. The van der Waals surface area contributed by atoms with Gasteiger partial charge in [-0.15, -0.1) is 0 Å². The van der Waals surface area contributed by atoms with Gasteiger partial charge in [0.05, 0.1) is 14.2 Å². The van der Waals surface area contributed by atoms with Crippen LogP contribution in [-0.4, -0.2) is 59.6 Å². The van der Waals surface area contributed by atoms with Gasteiger partial charge in [0.2, 0.25) is 11.8 Å². The van der Waals surface area contributed by atoms with E-state index in [0.29, 0.717) is 25.7 Å². The van der Waals surface area contributed by atoms with Crippen LogP contribution in [0.15, 0.2) is 60.9 Å². The largest absolute Gasteiger partial charge is 0.467 e. The Balaban J connectivity index is 0.000000296. The van der Waals surface area contributed by atoms with Gasteiger partial charge in [0.25, 0.3) is 0 Å². The fourth-order valence-electron chi connectivity index (χ4n) is 7.02. The molecule has 0 saturated heterocycles. The maximum atomic E-state index is 12.3. The van der Waals surface area contributed by atoms with Crippen molar-refractivity contribution in [3.63, 3.8) is 0 Å². The Hall–Kier alpha value is -4.60. The van der Waals surface area contributed by atoms with Gasteiger partial charge < -0.3 is 29.7 Å². The molecular formula is C45H66N4O6. The van der Waals surface area contributed by atoms with Gasteiger partial charge in [0.15, 0.2) is 0 Å². The molecule has 0 aliphatic rings. The van der Waals surface area contributed by atoms with Crippen molar-refractivity contribution in [3.8, 4) is 0 Å². The second kappa shape index (κ2) is 25.5. The number of fused-ring (bicyclic) bond motifs is 2. The molecule has 0 fully saturated rings. The van der Waals surface area contributed by atoms with E-state index < -0.39 is 24.0 Å². The zero-order valence-electron chi connectivity index (χ0n) is 34.1. The minimum absolute atomic E-state index is 0.0794. The molecule has 2 aromatic heterocycles. The Labute approximate surface area is 328 Å². The first kappa shape index (κ1) is 44.8. The van der Waals surface area contributed by atoms with Gasteiger partial charge in [0.1, 0.15) is 12.1 Å². The van der Waals surface area contributed by atoms with Crippen molar-refractivity contribution in [2.75, 3.05) is 14.2 Å². The summed E-state index contributed by atoms with van der Waals surface area (Å²) in [6.07, 6.45) is 21.9. The minimum atomic E-state index is -0.661. The lowest BCUT2D eigenvalue weighted by Gasteiger charge is -2.16. The molecule has 2 atom stereocenters. The van der Waals surface area contributed by atoms with Crippen LogP contribution in [0.2, 0.25) is 0 Å². The molecule has 0 saturated carbocycles. The predicted molar refractivity (Wildman–Crippen MR) is 222 cm³/mol. The summed E-state index contributed by atoms with van der Waals surface area (Å²) in [6.45, 7) is 4.42. The number of aryl methyl sites for hydroxylation is 1. The number of carbonyl (C=O) groups excluding carboxylic acids is 4. The molecule has 4 rings (SSSR count). The zero-order valence-corrected chi connectivity index (χ0v) is 34.1. The lowest BCUT2D eigenvalue weighted by molar-refractivity contribution is -0.145. The number of esters is 2. The summed E-state index contributed by atoms with van der Waals surface area (Å²) in [5, 5.41) is 7.89. The average Bonchev–Trinajstić information content (AvgIpc) is 3.75. The van der Waals surface area contributed by atoms with Gasteiger partial charge in [-0.2, -0.15) is 0 Å². The van der Waals surface area contributed by atoms with Crippen LogP contribution in [0.1, 0.15) is 128 Å². The van der Waals surface area contributed by atoms with E-state index in [1.165, 1.54) is 78.4 Å². The normalized spacial score (nSPS) is 12.1. The summed E-state index contributed by atoms with van der Waals surface area (Å²) in [5.74, 6) is -0.975. The molecule has 3 N–H and O–H groups in total. The summed E-state index contributed by atoms with van der Waals surface area (Å²) in [5.41, 5.74) is 4.16. The third kappa shape index (κ3) is 15.6. The van der Waals surface area contributed by atoms with Crippen LogP contribution in [0.5, 0.6) is 0 Å². The highest BCUT2D eigenvalue weighted by Gasteiger charge is 2.24. The first-order valence-electron chi connectivity index (χ1n) is 20.5. The highest BCUT2D eigenvalue weighted by atomic mass is 16.5. The summed E-state index contributed by atoms with van der Waals surface area (Å²) in [7, 11) is 4.70. The zero-order chi connectivity index (χ0) is 39.8. The highest BCUT2D eigenvalue weighted by molar-refractivity contribution is 5.88. The first-order valence-corrected chi connectivity index (χ1v) is 20.5. The number of ether oxygens (including phenoxy) is 2. The Morgan fingerprint density at radius 2 is 1.07 bits per heavy atom. The van der Waals surface area contributed by atoms with Crippen molar-refractivity contribution in [3.05, 3.63) is 72.1 Å². The fraction of sp³-hybridized carbons (Fsp3) is 0.556. The number of nitrogens with one attached hydrogen (secondary N) is 3. The number of benzene rings is 2. The standard InChI is InChI=1S/C23H34N2O3.C22H32N2O3/c1-4-5-6-7-8-9-10-15-22(26)24-20(23(27)28-3)16-18-17-25(2)21-14-12-11-13-19(18)21;1-3-4-5-6-7-8-9-14-21(25)24-20(22(26)27-2)15-17-16-23-19-13-11-10-12-18(17)19/h11-14,17,20H,4-10,15-16H2,1-3H3,(H,24,26);10-13,16,20,23H,3-9,14-15H2,1-2H3,(H,24,25). The van der Waals surface area contributed by atoms with Crippen molar-refractivity contribution in [1.29, 1.82) is 0 Å². The number of para-hydroxylation sites is 2. The van der Waals surface area contributed by atoms with E-state index >= 15 is 0 Å². The Morgan fingerprint density at radius 1 is 0.618 bits per heavy atom. The second-order valence-electron chi connectivity index (χ2n) is 14.6. The van der Waals surface area contributed by atoms with Crippen LogP contribution >= 0.6 is 0 Å². The maximum Gasteiger partial charge on any atom is 0.328 e. The smallest absolute Gasteiger partial charge is 0.328 e. The number of hydrogen-bond acceptors (Lipinski definition) is 6. The predicted octanol–water partition coefficient (Wildman–Crippen LogP) is 9.03. The topological polar surface area (TPSA) is 132 Å². The Bertz CT molecular complexity index is 1740. The second-order valence-corrected chi connectivity index (χ2v) is 14.6. The van der Waals surface area contributed by atoms with Crippen molar-refractivity contribution < 1.29 is 28.7 Å². The quantitative estimate of drug-likeness (QED) is 0.0483. The number of amides is 2. The SMILES string of the molecule is CCCCCCCCCC(=O)NC(Cc1c[nH]c2ccccc12)C(=O)OC.CCCCCCCCCC(=O)NC(Cc1cn(C)c2ccccc12)C(=O)OC. The molecule has 0 aliphatic heterocycles. The van der Waals surface area contributed by atoms with E-state index in [-0.39, 0.29) is 11.8 Å². The third-order valence-electron chi connectivity index (χ3n) is 10.2. The molecule has 2 unspecified atom stereocenters. The van der Waals surface area contributed by atoms with E-state index in [2.05, 4.69) is 29.5 Å². The van der Waals surface area contributed by atoms with Gasteiger partial charge >= 0.3 is 11.9 Å². The molecule has 0 aliphatic carbocycles. The highest BCUT2D eigenvalue weighted by Crippen LogP contribution is 2.22. The van der Waals surface area contributed by atoms with Crippen LogP contribution in [0.25, 0.3) is 21.8 Å². The van der Waals surface area contributed by atoms with Gasteiger partial charge in [0, 0.05) is 66.9 Å². The number of nitrogens with zero attached hydrogens (tertiary/aromatic N) is 1. The van der Waals surface area contributed by atoms with Crippen LogP contribution < -0.4 is 10.6 Å². The maximum absolute atomic E-state index is 12.3. The molecule has 10 nitrogen and oxygen atoms in total. The molecule has 0 bridgehead atoms. The number of methoxy groups -OCH3 is 2. The summed E-state index contributed by atoms with van der Waals surface area (Å²) in [4.78, 5) is 52.2. The molecule has 4 aromatic rings. The van der Waals surface area contributed by atoms with Gasteiger partial charge in [-0.3, -0.25) is 9.59 Å². The van der Waals surface area contributed by atoms with Gasteiger partial charge in [-0.25, -0.2) is 9.59 Å². The lowest BCUT2D eigenvalue weighted by Crippen LogP contribution is -2.43. The van der Waals surface area contributed by atoms with Crippen molar-refractivity contribution in [2.45, 2.75) is 142 Å². The average molecular weight is 759 g/mol. The minimum Gasteiger partial charge on any atom is -0.467 e. The number of hydrogen-bond donors (Lipinski definition) is 3. The Morgan fingerprint density at radius 3 is 1.60 bits per heavy atom. The third-order valence-corrected chi connectivity index (χ3v) is 10.2. The number of carbonyl (C=O) groups is 4. The van der Waals surface area contributed by atoms with Crippen LogP contribution in [0.3, 0.4) is 0 Å². The molecule has 2 aromatic carbocycles. The molecule has 0 radical (unpaired) electrons. The van der Waals surface area contributed by atoms with Gasteiger partial charge in [-0.1, -0.05) is 127 Å². The molecule has 55 heavy (non-hydrogen) atoms. The molecule has 10 heteroatoms. The molecular weight excluding hydrogens is 693 g/mol. The van der Waals surface area contributed by atoms with Crippen LogP contribution in [0.4, 0.5) is 0 Å². The van der Waals surface area contributed by atoms with Crippen molar-refractivity contribution >= 4 is 45.6 Å². The monoisotopic (exact) mass is 758 g/mol. The van der Waals surface area contributed by atoms with E-state index in [1.807, 2.05) is 72.5 Å².